The lowest BCUT2D eigenvalue weighted by atomic mass is 10.1. The van der Waals surface area contributed by atoms with E-state index in [-0.39, 0.29) is 5.91 Å². The molecule has 0 aliphatic carbocycles. The van der Waals surface area contributed by atoms with Crippen molar-refractivity contribution in [2.75, 3.05) is 27.2 Å². The van der Waals surface area contributed by atoms with Crippen LogP contribution in [0, 0.1) is 0 Å². The smallest absolute Gasteiger partial charge is 0.255 e. The highest BCUT2D eigenvalue weighted by molar-refractivity contribution is 6.30. The highest BCUT2D eigenvalue weighted by Gasteiger charge is 2.23. The van der Waals surface area contributed by atoms with E-state index in [1.54, 1.807) is 0 Å². The van der Waals surface area contributed by atoms with E-state index in [1.807, 2.05) is 28.9 Å². The number of benzene rings is 1. The molecule has 0 bridgehead atoms. The van der Waals surface area contributed by atoms with Crippen LogP contribution in [0.5, 0.6) is 0 Å². The molecule has 6 heteroatoms. The predicted molar refractivity (Wildman–Crippen MR) is 107 cm³/mol. The van der Waals surface area contributed by atoms with Gasteiger partial charge in [-0.15, -0.1) is 0 Å². The van der Waals surface area contributed by atoms with E-state index in [1.165, 1.54) is 4.90 Å². The number of carbonyl (C=O) groups excluding carboxylic acids is 1. The number of likely N-dealkylation sites (N-methyl/N-ethyl adjacent to an activating group) is 1. The Morgan fingerprint density at radius 3 is 2.38 bits per heavy atom. The summed E-state index contributed by atoms with van der Waals surface area (Å²) in [6.45, 7) is 5.78. The Labute approximate surface area is 161 Å². The maximum absolute atomic E-state index is 12.9. The molecule has 1 heterocycles. The number of quaternary nitrogens is 1. The zero-order valence-electron chi connectivity index (χ0n) is 16.2. The molecule has 0 aliphatic heterocycles. The first kappa shape index (κ1) is 20.5. The molecule has 0 radical (unpaired) electrons. The quantitative estimate of drug-likeness (QED) is 0.704. The summed E-state index contributed by atoms with van der Waals surface area (Å²) in [4.78, 5) is 14.2. The first-order valence-electron chi connectivity index (χ1n) is 9.41. The molecule has 1 aromatic heterocycles. The molecular formula is C20H30ClN4O+. The lowest BCUT2D eigenvalue weighted by Crippen LogP contribution is -3.06. The molecule has 26 heavy (non-hydrogen) atoms. The minimum absolute atomic E-state index is 0.0154. The van der Waals surface area contributed by atoms with Crippen molar-refractivity contribution in [2.45, 2.75) is 39.5 Å². The summed E-state index contributed by atoms with van der Waals surface area (Å²) in [5.74, 6) is -0.0154. The molecule has 1 amide bonds. The molecule has 2 rings (SSSR count). The van der Waals surface area contributed by atoms with Gasteiger partial charge in [0.2, 0.25) is 0 Å². The van der Waals surface area contributed by atoms with Gasteiger partial charge < -0.3 is 10.2 Å². The maximum atomic E-state index is 12.9. The van der Waals surface area contributed by atoms with Crippen molar-refractivity contribution in [3.05, 3.63) is 46.2 Å². The van der Waals surface area contributed by atoms with Crippen molar-refractivity contribution in [2.24, 2.45) is 0 Å². The minimum Gasteiger partial charge on any atom is -0.346 e. The molecule has 2 N–H and O–H groups in total. The largest absolute Gasteiger partial charge is 0.346 e. The monoisotopic (exact) mass is 377 g/mol. The van der Waals surface area contributed by atoms with Crippen LogP contribution in [-0.2, 0) is 12.8 Å². The van der Waals surface area contributed by atoms with Gasteiger partial charge in [-0.2, -0.15) is 5.10 Å². The van der Waals surface area contributed by atoms with E-state index < -0.39 is 0 Å². The van der Waals surface area contributed by atoms with Crippen molar-refractivity contribution >= 4 is 17.5 Å². The van der Waals surface area contributed by atoms with Crippen LogP contribution in [0.25, 0.3) is 5.69 Å². The van der Waals surface area contributed by atoms with Crippen molar-refractivity contribution in [1.29, 1.82) is 0 Å². The van der Waals surface area contributed by atoms with Gasteiger partial charge >= 0.3 is 0 Å². The zero-order chi connectivity index (χ0) is 19.1. The topological polar surface area (TPSA) is 51.4 Å². The lowest BCUT2D eigenvalue weighted by Gasteiger charge is -2.11. The van der Waals surface area contributed by atoms with Crippen molar-refractivity contribution in [3.63, 3.8) is 0 Å². The minimum atomic E-state index is -0.0154. The number of hydrogen-bond acceptors (Lipinski definition) is 2. The first-order valence-corrected chi connectivity index (χ1v) is 9.79. The molecule has 5 nitrogen and oxygen atoms in total. The van der Waals surface area contributed by atoms with Gasteiger partial charge in [0.05, 0.1) is 49.8 Å². The number of rotatable bonds is 9. The van der Waals surface area contributed by atoms with E-state index in [9.17, 15) is 4.79 Å². The fourth-order valence-electron chi connectivity index (χ4n) is 2.96. The normalized spacial score (nSPS) is 11.2. The molecule has 142 valence electrons. The molecule has 0 aliphatic rings. The average Bonchev–Trinajstić information content (AvgIpc) is 2.94. The molecule has 0 fully saturated rings. The third-order valence-corrected chi connectivity index (χ3v) is 4.49. The van der Waals surface area contributed by atoms with E-state index in [0.29, 0.717) is 11.6 Å². The number of aryl methyl sites for hydroxylation is 1. The second-order valence-electron chi connectivity index (χ2n) is 6.87. The Morgan fingerprint density at radius 1 is 1.15 bits per heavy atom. The summed E-state index contributed by atoms with van der Waals surface area (Å²) < 4.78 is 1.91. The second-order valence-corrected chi connectivity index (χ2v) is 7.31. The summed E-state index contributed by atoms with van der Waals surface area (Å²) in [5.41, 5.74) is 3.54. The average molecular weight is 378 g/mol. The number of halogens is 1. The van der Waals surface area contributed by atoms with Gasteiger partial charge in [-0.1, -0.05) is 38.3 Å². The van der Waals surface area contributed by atoms with Crippen molar-refractivity contribution in [1.82, 2.24) is 15.1 Å². The van der Waals surface area contributed by atoms with Crippen LogP contribution < -0.4 is 10.2 Å². The summed E-state index contributed by atoms with van der Waals surface area (Å²) in [7, 11) is 4.16. The van der Waals surface area contributed by atoms with Crippen LogP contribution in [0.15, 0.2) is 24.3 Å². The number of carbonyl (C=O) groups is 1. The Kier molecular flexibility index (Phi) is 7.66. The van der Waals surface area contributed by atoms with Crippen LogP contribution in [0.4, 0.5) is 0 Å². The Bertz CT molecular complexity index is 722. The van der Waals surface area contributed by atoms with Crippen LogP contribution in [0.3, 0.4) is 0 Å². The molecule has 0 saturated heterocycles. The summed E-state index contributed by atoms with van der Waals surface area (Å²) in [6.07, 6.45) is 3.50. The van der Waals surface area contributed by atoms with Crippen molar-refractivity contribution in [3.8, 4) is 5.69 Å². The summed E-state index contributed by atoms with van der Waals surface area (Å²) in [5, 5.41) is 8.55. The molecule has 0 atom stereocenters. The van der Waals surface area contributed by atoms with Crippen LogP contribution >= 0.6 is 11.6 Å². The second kappa shape index (κ2) is 9.74. The highest BCUT2D eigenvalue weighted by atomic mass is 35.5. The predicted octanol–water partition coefficient (Wildman–Crippen LogP) is 2.30. The van der Waals surface area contributed by atoms with Crippen molar-refractivity contribution < 1.29 is 9.69 Å². The third-order valence-electron chi connectivity index (χ3n) is 4.24. The van der Waals surface area contributed by atoms with E-state index in [0.717, 1.165) is 54.9 Å². The van der Waals surface area contributed by atoms with Gasteiger partial charge in [-0.05, 0) is 37.1 Å². The van der Waals surface area contributed by atoms with Gasteiger partial charge in [-0.25, -0.2) is 4.68 Å². The molecular weight excluding hydrogens is 348 g/mol. The van der Waals surface area contributed by atoms with Gasteiger partial charge in [-0.3, -0.25) is 4.79 Å². The Morgan fingerprint density at radius 2 is 1.81 bits per heavy atom. The summed E-state index contributed by atoms with van der Waals surface area (Å²) in [6, 6.07) is 7.60. The van der Waals surface area contributed by atoms with Crippen LogP contribution in [0.1, 0.15) is 48.4 Å². The van der Waals surface area contributed by atoms with Gasteiger partial charge in [0, 0.05) is 5.02 Å². The van der Waals surface area contributed by atoms with Gasteiger partial charge in [0.1, 0.15) is 0 Å². The Balaban J connectivity index is 2.43. The zero-order valence-corrected chi connectivity index (χ0v) is 17.0. The number of aromatic nitrogens is 2. The van der Waals surface area contributed by atoms with Gasteiger partial charge in [0.25, 0.3) is 5.91 Å². The molecule has 0 unspecified atom stereocenters. The van der Waals surface area contributed by atoms with E-state index >= 15 is 0 Å². The standard InChI is InChI=1S/C20H29ClN4O/c1-5-7-17-19(20(26)22-13-14-24(3)4)18(8-6-2)25(23-17)16-11-9-15(21)10-12-16/h9-12H,5-8,13-14H2,1-4H3,(H,22,26)/p+1. The molecule has 0 saturated carbocycles. The SMILES string of the molecule is CCCc1nn(-c2ccc(Cl)cc2)c(CCC)c1C(=O)NCC[NH+](C)C. The molecule has 2 aromatic rings. The van der Waals surface area contributed by atoms with E-state index in [2.05, 4.69) is 33.3 Å². The number of hydrogen-bond donors (Lipinski definition) is 2. The summed E-state index contributed by atoms with van der Waals surface area (Å²) >= 11 is 6.02. The fraction of sp³-hybridized carbons (Fsp3) is 0.500. The number of amides is 1. The fourth-order valence-corrected chi connectivity index (χ4v) is 3.08. The number of nitrogens with zero attached hydrogens (tertiary/aromatic N) is 2. The highest BCUT2D eigenvalue weighted by Crippen LogP contribution is 2.23. The van der Waals surface area contributed by atoms with Gasteiger partial charge in [0.15, 0.2) is 0 Å². The molecule has 1 aromatic carbocycles. The maximum Gasteiger partial charge on any atom is 0.255 e. The third kappa shape index (κ3) is 5.08. The van der Waals surface area contributed by atoms with Crippen LogP contribution in [0.2, 0.25) is 5.02 Å². The van der Waals surface area contributed by atoms with E-state index in [4.69, 9.17) is 16.7 Å². The number of nitrogens with one attached hydrogen (secondary N) is 2. The van der Waals surface area contributed by atoms with Crippen LogP contribution in [-0.4, -0.2) is 42.9 Å². The lowest BCUT2D eigenvalue weighted by molar-refractivity contribution is -0.856. The molecule has 0 spiro atoms. The Hall–Kier alpha value is -1.85. The first-order chi connectivity index (χ1) is 12.5.